The van der Waals surface area contributed by atoms with Crippen LogP contribution in [0, 0.1) is 0 Å². The largest absolute Gasteiger partial charge is 0.504 e. The molecule has 2 atom stereocenters. The maximum absolute atomic E-state index is 11.8. The van der Waals surface area contributed by atoms with Crippen molar-refractivity contribution < 1.29 is 29.3 Å². The van der Waals surface area contributed by atoms with Gasteiger partial charge in [0.15, 0.2) is 11.5 Å². The Hall–Kier alpha value is -1.75. The zero-order valence-corrected chi connectivity index (χ0v) is 8.10. The van der Waals surface area contributed by atoms with Crippen LogP contribution < -0.4 is 5.73 Å². The lowest BCUT2D eigenvalue weighted by Gasteiger charge is -2.10. The number of rotatable bonds is 4. The molecule has 2 unspecified atom stereocenters. The van der Waals surface area contributed by atoms with Crippen molar-refractivity contribution in [1.29, 1.82) is 0 Å². The first-order chi connectivity index (χ1) is 10.2. The highest BCUT2D eigenvalue weighted by Gasteiger charge is 2.15. The number of phenolic OH excluding ortho intramolecular Hbond substituents is 2. The standard InChI is InChI=1S/C11H15NO4/c1-2-16-11(15)8(12)5-7-3-4-9(13)10(14)6-7/h3-4,6,8,13-14H,2,5,12H2,1H3/i1D3,2D2,5D,8D. The van der Waals surface area contributed by atoms with Gasteiger partial charge in [-0.05, 0) is 30.9 Å². The summed E-state index contributed by atoms with van der Waals surface area (Å²) in [7, 11) is 0. The van der Waals surface area contributed by atoms with E-state index in [1.54, 1.807) is 0 Å². The second kappa shape index (κ2) is 5.37. The molecule has 4 N–H and O–H groups in total. The van der Waals surface area contributed by atoms with Crippen LogP contribution >= 0.6 is 0 Å². The Morgan fingerprint density at radius 2 is 2.44 bits per heavy atom. The zero-order valence-electron chi connectivity index (χ0n) is 15.1. The molecule has 0 saturated heterocycles. The highest BCUT2D eigenvalue weighted by Crippen LogP contribution is 2.25. The van der Waals surface area contributed by atoms with Gasteiger partial charge in [-0.3, -0.25) is 4.79 Å². The van der Waals surface area contributed by atoms with E-state index in [0.29, 0.717) is 0 Å². The van der Waals surface area contributed by atoms with Crippen molar-refractivity contribution in [2.45, 2.75) is 19.3 Å². The summed E-state index contributed by atoms with van der Waals surface area (Å²) in [5, 5.41) is 18.5. The van der Waals surface area contributed by atoms with Gasteiger partial charge in [0, 0.05) is 5.48 Å². The third-order valence-electron chi connectivity index (χ3n) is 1.70. The summed E-state index contributed by atoms with van der Waals surface area (Å²) in [4.78, 5) is 11.8. The van der Waals surface area contributed by atoms with Gasteiger partial charge in [-0.2, -0.15) is 0 Å². The minimum Gasteiger partial charge on any atom is -0.504 e. The average Bonchev–Trinajstić information content (AvgIpc) is 2.39. The highest BCUT2D eigenvalue weighted by molar-refractivity contribution is 5.75. The Labute approximate surface area is 103 Å². The van der Waals surface area contributed by atoms with Gasteiger partial charge in [0.1, 0.15) is 6.02 Å². The summed E-state index contributed by atoms with van der Waals surface area (Å²) in [5.41, 5.74) is 5.25. The molecular formula is C11H15NO4. The molecule has 0 aromatic heterocycles. The molecule has 0 aliphatic heterocycles. The lowest BCUT2D eigenvalue weighted by Crippen LogP contribution is -2.34. The minimum absolute atomic E-state index is 0.135. The van der Waals surface area contributed by atoms with E-state index in [9.17, 15) is 15.0 Å². The van der Waals surface area contributed by atoms with E-state index in [1.807, 2.05) is 0 Å². The molecule has 1 aromatic carbocycles. The minimum atomic E-state index is -3.38. The van der Waals surface area contributed by atoms with Gasteiger partial charge in [0.2, 0.25) is 0 Å². The van der Waals surface area contributed by atoms with E-state index in [-0.39, 0.29) is 5.56 Å². The molecule has 0 saturated carbocycles. The van der Waals surface area contributed by atoms with Gasteiger partial charge in [-0.1, -0.05) is 6.07 Å². The maximum Gasteiger partial charge on any atom is 0.323 e. The zero-order chi connectivity index (χ0) is 18.2. The van der Waals surface area contributed by atoms with Gasteiger partial charge in [-0.25, -0.2) is 0 Å². The van der Waals surface area contributed by atoms with E-state index in [4.69, 9.17) is 15.3 Å². The van der Waals surface area contributed by atoms with Gasteiger partial charge in [-0.15, -0.1) is 0 Å². The molecule has 5 nitrogen and oxygen atoms in total. The normalized spacial score (nSPS) is 24.2. The van der Waals surface area contributed by atoms with Crippen LogP contribution in [-0.4, -0.2) is 28.8 Å². The van der Waals surface area contributed by atoms with Crippen LogP contribution in [0.3, 0.4) is 0 Å². The number of esters is 1. The molecule has 0 aliphatic carbocycles. The van der Waals surface area contributed by atoms with Gasteiger partial charge in [0.05, 0.1) is 10.7 Å². The van der Waals surface area contributed by atoms with Crippen molar-refractivity contribution in [1.82, 2.24) is 0 Å². The predicted octanol–water partition coefficient (Wildman–Crippen LogP) is 0.531. The van der Waals surface area contributed by atoms with Crippen molar-refractivity contribution in [2.24, 2.45) is 5.73 Å². The second-order valence-corrected chi connectivity index (χ2v) is 2.84. The Bertz CT molecular complexity index is 603. The first-order valence-electron chi connectivity index (χ1n) is 7.74. The number of aromatic hydroxyl groups is 2. The fraction of sp³-hybridized carbons (Fsp3) is 0.364. The molecule has 0 fully saturated rings. The van der Waals surface area contributed by atoms with Crippen LogP contribution in [0.1, 0.15) is 22.0 Å². The average molecular weight is 232 g/mol. The SMILES string of the molecule is [2H]C(c1ccc(O)c(O)c1)C([2H])(N)C(=O)OC([2H])([2H])C([2H])([2H])[2H]. The van der Waals surface area contributed by atoms with Crippen LogP contribution in [0.15, 0.2) is 18.2 Å². The fourth-order valence-corrected chi connectivity index (χ4v) is 0.974. The summed E-state index contributed by atoms with van der Waals surface area (Å²) in [5.74, 6) is -2.86. The summed E-state index contributed by atoms with van der Waals surface area (Å²) in [6.45, 7) is -6.68. The first kappa shape index (κ1) is 5.54. The molecule has 16 heavy (non-hydrogen) atoms. The van der Waals surface area contributed by atoms with E-state index < -0.39 is 43.3 Å². The number of carbonyl (C=O) groups is 1. The van der Waals surface area contributed by atoms with Crippen LogP contribution in [0.2, 0.25) is 0 Å². The third-order valence-corrected chi connectivity index (χ3v) is 1.70. The first-order valence-corrected chi connectivity index (χ1v) is 4.16. The molecule has 88 valence electrons. The van der Waals surface area contributed by atoms with Crippen LogP contribution in [0.4, 0.5) is 0 Å². The topological polar surface area (TPSA) is 92.8 Å². The molecule has 1 rings (SSSR count). The van der Waals surface area contributed by atoms with Crippen molar-refractivity contribution in [3.05, 3.63) is 23.8 Å². The molecule has 0 heterocycles. The lowest BCUT2D eigenvalue weighted by molar-refractivity contribution is -0.144. The molecule has 0 bridgehead atoms. The van der Waals surface area contributed by atoms with Crippen molar-refractivity contribution >= 4 is 5.97 Å². The molecule has 0 spiro atoms. The van der Waals surface area contributed by atoms with E-state index in [0.717, 1.165) is 18.2 Å². The molecule has 0 amide bonds. The number of ether oxygens (including phenoxy) is 1. The lowest BCUT2D eigenvalue weighted by atomic mass is 10.1. The highest BCUT2D eigenvalue weighted by atomic mass is 16.5. The van der Waals surface area contributed by atoms with Crippen molar-refractivity contribution in [3.8, 4) is 11.5 Å². The molecule has 5 heteroatoms. The molecule has 0 aliphatic rings. The quantitative estimate of drug-likeness (QED) is 0.520. The number of nitrogens with two attached hydrogens (primary N) is 1. The predicted molar refractivity (Wildman–Crippen MR) is 58.1 cm³/mol. The van der Waals surface area contributed by atoms with Gasteiger partial charge < -0.3 is 20.7 Å². The smallest absolute Gasteiger partial charge is 0.323 e. The summed E-state index contributed by atoms with van der Waals surface area (Å²) < 4.78 is 54.8. The number of hydrogen-bond donors (Lipinski definition) is 3. The molecule has 1 aromatic rings. The van der Waals surface area contributed by atoms with Crippen molar-refractivity contribution in [2.75, 3.05) is 6.56 Å². The van der Waals surface area contributed by atoms with Crippen molar-refractivity contribution in [3.63, 3.8) is 0 Å². The summed E-state index contributed by atoms with van der Waals surface area (Å²) in [6.07, 6.45) is -1.84. The van der Waals surface area contributed by atoms with Gasteiger partial charge in [0.25, 0.3) is 0 Å². The van der Waals surface area contributed by atoms with E-state index in [2.05, 4.69) is 4.74 Å². The second-order valence-electron chi connectivity index (χ2n) is 2.84. The summed E-state index contributed by atoms with van der Waals surface area (Å²) in [6, 6.07) is 0.181. The van der Waals surface area contributed by atoms with Crippen LogP contribution in [-0.2, 0) is 15.9 Å². The fourth-order valence-electron chi connectivity index (χ4n) is 0.974. The Morgan fingerprint density at radius 1 is 1.69 bits per heavy atom. The summed E-state index contributed by atoms with van der Waals surface area (Å²) >= 11 is 0. The third kappa shape index (κ3) is 3.13. The Kier molecular flexibility index (Phi) is 1.86. The molecular weight excluding hydrogens is 210 g/mol. The monoisotopic (exact) mass is 232 g/mol. The van der Waals surface area contributed by atoms with E-state index in [1.165, 1.54) is 0 Å². The van der Waals surface area contributed by atoms with Crippen LogP contribution in [0.5, 0.6) is 11.5 Å². The molecule has 0 radical (unpaired) electrons. The Morgan fingerprint density at radius 3 is 3.06 bits per heavy atom. The van der Waals surface area contributed by atoms with E-state index >= 15 is 0 Å². The van der Waals surface area contributed by atoms with Gasteiger partial charge >= 0.3 is 5.97 Å². The number of carbonyl (C=O) groups excluding carboxylic acids is 1. The Balaban J connectivity index is 3.05. The van der Waals surface area contributed by atoms with Crippen LogP contribution in [0.25, 0.3) is 0 Å². The number of benzene rings is 1. The maximum atomic E-state index is 11.8. The number of hydrogen-bond acceptors (Lipinski definition) is 5. The number of phenols is 2.